The first-order chi connectivity index (χ1) is 18.0. The van der Waals surface area contributed by atoms with Gasteiger partial charge in [0.2, 0.25) is 0 Å². The van der Waals surface area contributed by atoms with Crippen LogP contribution in [0.2, 0.25) is 0 Å². The second kappa shape index (κ2) is 9.15. The number of aryl methyl sites for hydroxylation is 1. The lowest BCUT2D eigenvalue weighted by molar-refractivity contribution is 0.473. The number of H-pyrrole nitrogens is 1. The Balaban J connectivity index is 1.21. The van der Waals surface area contributed by atoms with Gasteiger partial charge in [-0.2, -0.15) is 0 Å². The molecule has 0 spiro atoms. The Labute approximate surface area is 215 Å². The van der Waals surface area contributed by atoms with Crippen LogP contribution in [0.4, 0.5) is 22.9 Å². The van der Waals surface area contributed by atoms with Gasteiger partial charge in [-0.15, -0.1) is 0 Å². The minimum absolute atomic E-state index is 0.0995. The van der Waals surface area contributed by atoms with Crippen LogP contribution in [0.25, 0.3) is 28.5 Å². The van der Waals surface area contributed by atoms with Crippen LogP contribution in [0.5, 0.6) is 0 Å². The normalized spacial score (nSPS) is 16.5. The van der Waals surface area contributed by atoms with Crippen LogP contribution in [-0.2, 0) is 6.42 Å². The Morgan fingerprint density at radius 2 is 1.78 bits per heavy atom. The summed E-state index contributed by atoms with van der Waals surface area (Å²) in [4.78, 5) is 21.7. The number of nitrogens with zero attached hydrogens (tertiary/aromatic N) is 4. The molecule has 8 heteroatoms. The van der Waals surface area contributed by atoms with E-state index < -0.39 is 0 Å². The van der Waals surface area contributed by atoms with Gasteiger partial charge in [0, 0.05) is 58.0 Å². The van der Waals surface area contributed by atoms with Gasteiger partial charge < -0.3 is 20.9 Å². The molecule has 0 fully saturated rings. The summed E-state index contributed by atoms with van der Waals surface area (Å²) >= 11 is 0. The van der Waals surface area contributed by atoms with Crippen molar-refractivity contribution in [3.8, 4) is 11.4 Å². The molecule has 1 aliphatic carbocycles. The van der Waals surface area contributed by atoms with Gasteiger partial charge in [-0.25, -0.2) is 9.97 Å². The Kier molecular flexibility index (Phi) is 5.65. The van der Waals surface area contributed by atoms with Crippen molar-refractivity contribution in [1.82, 2.24) is 30.2 Å². The number of aromatic amines is 1. The fraction of sp³-hybridized carbons (Fsp3) is 0.172. The first-order valence-corrected chi connectivity index (χ1v) is 12.3. The molecule has 1 aromatic carbocycles. The van der Waals surface area contributed by atoms with E-state index in [1.807, 2.05) is 74.9 Å². The molecule has 0 amide bonds. The van der Waals surface area contributed by atoms with Crippen molar-refractivity contribution in [1.29, 1.82) is 0 Å². The van der Waals surface area contributed by atoms with Crippen LogP contribution in [0.15, 0.2) is 73.2 Å². The minimum Gasteiger partial charge on any atom is -0.355 e. The van der Waals surface area contributed by atoms with Crippen molar-refractivity contribution < 1.29 is 0 Å². The molecule has 1 unspecified atom stereocenters. The van der Waals surface area contributed by atoms with Gasteiger partial charge in [0.05, 0.1) is 16.7 Å². The van der Waals surface area contributed by atoms with Crippen molar-refractivity contribution in [3.63, 3.8) is 0 Å². The van der Waals surface area contributed by atoms with Crippen molar-refractivity contribution in [2.24, 2.45) is 0 Å². The number of hydrogen-bond donors (Lipinski definition) is 4. The molecule has 0 bridgehead atoms. The summed E-state index contributed by atoms with van der Waals surface area (Å²) in [7, 11) is 1.98. The molecule has 1 aliphatic rings. The molecular weight excluding hydrogens is 460 g/mol. The molecule has 4 heterocycles. The maximum absolute atomic E-state index is 4.81. The van der Waals surface area contributed by atoms with Gasteiger partial charge in [0.15, 0.2) is 0 Å². The summed E-state index contributed by atoms with van der Waals surface area (Å²) in [6.07, 6.45) is 10.6. The van der Waals surface area contributed by atoms with Crippen LogP contribution >= 0.6 is 0 Å². The number of aromatic nitrogens is 5. The molecular formula is C29H28N8. The monoisotopic (exact) mass is 488 g/mol. The average molecular weight is 489 g/mol. The Hall–Kier alpha value is -4.56. The van der Waals surface area contributed by atoms with Crippen molar-refractivity contribution in [2.75, 3.05) is 17.7 Å². The molecule has 4 aromatic heterocycles. The standard InChI is InChI=1S/C29H28N8/c1-18-14-21(9-12-31-18)34-20-5-6-25-26(15-20)37-28(36-25)19-4-7-27(33-17-19)35-24-10-13-32-23-8-11-29(2,30-3)16-22(23)24/h4-15,17,30H,16H2,1-3H3,(H,31,34)(H,36,37)(H,32,33,35). The highest BCUT2D eigenvalue weighted by Gasteiger charge is 2.26. The molecule has 4 N–H and O–H groups in total. The molecule has 0 radical (unpaired) electrons. The zero-order chi connectivity index (χ0) is 25.4. The summed E-state index contributed by atoms with van der Waals surface area (Å²) in [5.41, 5.74) is 8.80. The lowest BCUT2D eigenvalue weighted by Gasteiger charge is -2.30. The number of nitrogens with one attached hydrogen (secondary N) is 4. The highest BCUT2D eigenvalue weighted by atomic mass is 15.0. The maximum Gasteiger partial charge on any atom is 0.140 e. The van der Waals surface area contributed by atoms with E-state index in [2.05, 4.69) is 55.0 Å². The topological polar surface area (TPSA) is 103 Å². The number of benzene rings is 1. The first-order valence-electron chi connectivity index (χ1n) is 12.3. The third-order valence-corrected chi connectivity index (χ3v) is 6.78. The number of likely N-dealkylation sites (N-methyl/N-ethyl adjacent to an activating group) is 1. The van der Waals surface area contributed by atoms with Gasteiger partial charge in [0.25, 0.3) is 0 Å². The van der Waals surface area contributed by atoms with Crippen molar-refractivity contribution in [2.45, 2.75) is 25.8 Å². The largest absolute Gasteiger partial charge is 0.355 e. The summed E-state index contributed by atoms with van der Waals surface area (Å²) in [5.74, 6) is 1.55. The van der Waals surface area contributed by atoms with Gasteiger partial charge in [-0.05, 0) is 81.9 Å². The third kappa shape index (κ3) is 4.66. The minimum atomic E-state index is -0.0995. The number of imidazole rings is 1. The fourth-order valence-electron chi connectivity index (χ4n) is 4.57. The Morgan fingerprint density at radius 3 is 2.59 bits per heavy atom. The van der Waals surface area contributed by atoms with Gasteiger partial charge >= 0.3 is 0 Å². The van der Waals surface area contributed by atoms with E-state index in [9.17, 15) is 0 Å². The van der Waals surface area contributed by atoms with E-state index in [0.29, 0.717) is 0 Å². The van der Waals surface area contributed by atoms with E-state index in [-0.39, 0.29) is 5.54 Å². The highest BCUT2D eigenvalue weighted by Crippen LogP contribution is 2.31. The second-order valence-electron chi connectivity index (χ2n) is 9.59. The lowest BCUT2D eigenvalue weighted by Crippen LogP contribution is -2.41. The quantitative estimate of drug-likeness (QED) is 0.241. The van der Waals surface area contributed by atoms with Crippen molar-refractivity contribution in [3.05, 3.63) is 90.1 Å². The number of hydrogen-bond acceptors (Lipinski definition) is 7. The van der Waals surface area contributed by atoms with Crippen LogP contribution in [-0.4, -0.2) is 37.5 Å². The van der Waals surface area contributed by atoms with E-state index >= 15 is 0 Å². The number of fused-ring (bicyclic) bond motifs is 2. The molecule has 37 heavy (non-hydrogen) atoms. The summed E-state index contributed by atoms with van der Waals surface area (Å²) in [6.45, 7) is 4.16. The second-order valence-corrected chi connectivity index (χ2v) is 9.59. The third-order valence-electron chi connectivity index (χ3n) is 6.78. The molecule has 0 aliphatic heterocycles. The molecule has 8 nitrogen and oxygen atoms in total. The summed E-state index contributed by atoms with van der Waals surface area (Å²) < 4.78 is 0. The molecule has 1 atom stereocenters. The predicted octanol–water partition coefficient (Wildman–Crippen LogP) is 5.76. The zero-order valence-electron chi connectivity index (χ0n) is 21.0. The average Bonchev–Trinajstić information content (AvgIpc) is 3.33. The summed E-state index contributed by atoms with van der Waals surface area (Å²) in [5, 5.41) is 10.3. The molecule has 184 valence electrons. The molecule has 6 rings (SSSR count). The first kappa shape index (κ1) is 22.9. The number of anilines is 4. The number of pyridine rings is 3. The highest BCUT2D eigenvalue weighted by molar-refractivity contribution is 5.83. The predicted molar refractivity (Wildman–Crippen MR) is 149 cm³/mol. The maximum atomic E-state index is 4.81. The Bertz CT molecular complexity index is 1620. The lowest BCUT2D eigenvalue weighted by atomic mass is 9.86. The van der Waals surface area contributed by atoms with Crippen LogP contribution < -0.4 is 16.0 Å². The molecule has 0 saturated carbocycles. The van der Waals surface area contributed by atoms with E-state index in [0.717, 1.165) is 63.1 Å². The fourth-order valence-corrected chi connectivity index (χ4v) is 4.57. The Morgan fingerprint density at radius 1 is 0.919 bits per heavy atom. The van der Waals surface area contributed by atoms with Gasteiger partial charge in [-0.1, -0.05) is 6.08 Å². The SMILES string of the molecule is CNC1(C)C=Cc2nccc(Nc3ccc(-c4nc5cc(Nc6ccnc(C)c6)ccc5[nH]4)cn3)c2C1. The smallest absolute Gasteiger partial charge is 0.140 e. The van der Waals surface area contributed by atoms with E-state index in [4.69, 9.17) is 4.98 Å². The van der Waals surface area contributed by atoms with Gasteiger partial charge in [-0.3, -0.25) is 9.97 Å². The van der Waals surface area contributed by atoms with E-state index in [1.54, 1.807) is 6.20 Å². The van der Waals surface area contributed by atoms with Gasteiger partial charge in [0.1, 0.15) is 11.6 Å². The van der Waals surface area contributed by atoms with Crippen LogP contribution in [0.3, 0.4) is 0 Å². The van der Waals surface area contributed by atoms with Crippen LogP contribution in [0.1, 0.15) is 23.9 Å². The number of rotatable bonds is 6. The van der Waals surface area contributed by atoms with Crippen LogP contribution in [0, 0.1) is 6.92 Å². The van der Waals surface area contributed by atoms with Crippen molar-refractivity contribution >= 4 is 40.0 Å². The zero-order valence-corrected chi connectivity index (χ0v) is 21.0. The summed E-state index contributed by atoms with van der Waals surface area (Å²) in [6, 6.07) is 16.1. The molecule has 5 aromatic rings. The molecule has 0 saturated heterocycles. The van der Waals surface area contributed by atoms with E-state index in [1.165, 1.54) is 5.56 Å².